The van der Waals surface area contributed by atoms with Gasteiger partial charge in [-0.05, 0) is 56.9 Å². The number of ether oxygens (including phenoxy) is 2. The second-order valence-electron chi connectivity index (χ2n) is 10.3. The molecule has 2 aromatic carbocycles. The zero-order valence-corrected chi connectivity index (χ0v) is 23.1. The second-order valence-corrected chi connectivity index (χ2v) is 10.3. The van der Waals surface area contributed by atoms with Crippen LogP contribution in [0.1, 0.15) is 72.3 Å². The molecule has 0 fully saturated rings. The zero-order valence-electron chi connectivity index (χ0n) is 23.1. The van der Waals surface area contributed by atoms with E-state index < -0.39 is 35.7 Å². The molecule has 0 saturated carbocycles. The quantitative estimate of drug-likeness (QED) is 0.263. The van der Waals surface area contributed by atoms with Crippen LogP contribution in [-0.2, 0) is 30.4 Å². The molecule has 38 heavy (non-hydrogen) atoms. The van der Waals surface area contributed by atoms with Crippen LogP contribution in [0.25, 0.3) is 10.8 Å². The highest BCUT2D eigenvalue weighted by Crippen LogP contribution is 2.18. The summed E-state index contributed by atoms with van der Waals surface area (Å²) in [6.45, 7) is 9.46. The summed E-state index contributed by atoms with van der Waals surface area (Å²) in [6, 6.07) is 12.4. The van der Waals surface area contributed by atoms with Crippen molar-refractivity contribution in [2.45, 2.75) is 91.0 Å². The van der Waals surface area contributed by atoms with Gasteiger partial charge in [-0.2, -0.15) is 0 Å². The maximum absolute atomic E-state index is 12.7. The van der Waals surface area contributed by atoms with E-state index in [4.69, 9.17) is 9.47 Å². The Morgan fingerprint density at radius 3 is 2.39 bits per heavy atom. The lowest BCUT2D eigenvalue weighted by Gasteiger charge is -2.24. The Labute approximate surface area is 225 Å². The Bertz CT molecular complexity index is 1090. The molecule has 9 nitrogen and oxygen atoms in total. The van der Waals surface area contributed by atoms with Crippen LogP contribution in [0.3, 0.4) is 0 Å². The van der Waals surface area contributed by atoms with E-state index in [9.17, 15) is 19.2 Å². The van der Waals surface area contributed by atoms with Crippen LogP contribution in [0, 0.1) is 0 Å². The number of benzene rings is 2. The third-order valence-corrected chi connectivity index (χ3v) is 5.71. The third-order valence-electron chi connectivity index (χ3n) is 5.71. The predicted octanol–water partition coefficient (Wildman–Crippen LogP) is 4.37. The number of amides is 3. The van der Waals surface area contributed by atoms with Crippen molar-refractivity contribution in [3.63, 3.8) is 0 Å². The Morgan fingerprint density at radius 1 is 0.974 bits per heavy atom. The summed E-state index contributed by atoms with van der Waals surface area (Å²) in [7, 11) is 0. The molecule has 0 radical (unpaired) electrons. The van der Waals surface area contributed by atoms with Crippen molar-refractivity contribution in [3.05, 3.63) is 48.0 Å². The molecule has 0 aliphatic heterocycles. The van der Waals surface area contributed by atoms with Gasteiger partial charge >= 0.3 is 12.1 Å². The molecule has 0 bridgehead atoms. The van der Waals surface area contributed by atoms with E-state index in [1.807, 2.05) is 49.4 Å². The largest absolute Gasteiger partial charge is 0.466 e. The fourth-order valence-corrected chi connectivity index (χ4v) is 3.77. The van der Waals surface area contributed by atoms with E-state index >= 15 is 0 Å². The normalized spacial score (nSPS) is 12.8. The van der Waals surface area contributed by atoms with Crippen molar-refractivity contribution in [2.24, 2.45) is 0 Å². The smallest absolute Gasteiger partial charge is 0.407 e. The lowest BCUT2D eigenvalue weighted by atomic mass is 10.0. The van der Waals surface area contributed by atoms with Gasteiger partial charge in [0.1, 0.15) is 11.6 Å². The Hall–Kier alpha value is -3.62. The second kappa shape index (κ2) is 15.0. The van der Waals surface area contributed by atoms with E-state index in [1.54, 1.807) is 27.7 Å². The molecule has 2 aromatic rings. The van der Waals surface area contributed by atoms with Crippen LogP contribution < -0.4 is 16.0 Å². The maximum atomic E-state index is 12.7. The number of carbonyl (C=O) groups excluding carboxylic acids is 4. The van der Waals surface area contributed by atoms with Crippen molar-refractivity contribution < 1.29 is 28.7 Å². The fraction of sp³-hybridized carbons (Fsp3) is 0.517. The molecule has 0 aliphatic carbocycles. The third kappa shape index (κ3) is 11.2. The first-order chi connectivity index (χ1) is 18.0. The molecule has 9 heteroatoms. The van der Waals surface area contributed by atoms with Gasteiger partial charge in [-0.15, -0.1) is 0 Å². The van der Waals surface area contributed by atoms with Crippen LogP contribution in [0.4, 0.5) is 4.79 Å². The number of fused-ring (bicyclic) bond motifs is 1. The van der Waals surface area contributed by atoms with Gasteiger partial charge < -0.3 is 25.4 Å². The topological polar surface area (TPSA) is 123 Å². The molecule has 2 rings (SSSR count). The molecule has 0 aromatic heterocycles. The van der Waals surface area contributed by atoms with Crippen LogP contribution in [0.2, 0.25) is 0 Å². The first kappa shape index (κ1) is 30.6. The molecule has 2 atom stereocenters. The maximum Gasteiger partial charge on any atom is 0.407 e. The highest BCUT2D eigenvalue weighted by atomic mass is 16.6. The van der Waals surface area contributed by atoms with E-state index in [2.05, 4.69) is 16.0 Å². The molecular weight excluding hydrogens is 486 g/mol. The molecule has 0 unspecified atom stereocenters. The monoisotopic (exact) mass is 527 g/mol. The number of alkyl carbamates (subject to hydrolysis) is 1. The van der Waals surface area contributed by atoms with E-state index in [-0.39, 0.29) is 25.2 Å². The number of carbonyl (C=O) groups is 4. The minimum Gasteiger partial charge on any atom is -0.466 e. The van der Waals surface area contributed by atoms with Gasteiger partial charge in [0.25, 0.3) is 0 Å². The van der Waals surface area contributed by atoms with Gasteiger partial charge in [-0.25, -0.2) is 4.79 Å². The zero-order chi connectivity index (χ0) is 28.1. The average molecular weight is 528 g/mol. The molecular formula is C29H41N3O6. The summed E-state index contributed by atoms with van der Waals surface area (Å²) in [5.74, 6) is -1.16. The van der Waals surface area contributed by atoms with Crippen molar-refractivity contribution in [1.82, 2.24) is 16.0 Å². The molecule has 208 valence electrons. The summed E-state index contributed by atoms with van der Waals surface area (Å²) in [6.07, 6.45) is 1.11. The Kier molecular flexibility index (Phi) is 12.0. The number of unbranched alkanes of at least 4 members (excludes halogenated alkanes) is 1. The Morgan fingerprint density at radius 2 is 1.68 bits per heavy atom. The van der Waals surface area contributed by atoms with Crippen molar-refractivity contribution in [2.75, 3.05) is 6.61 Å². The van der Waals surface area contributed by atoms with Gasteiger partial charge in [-0.1, -0.05) is 55.8 Å². The first-order valence-electron chi connectivity index (χ1n) is 13.2. The molecule has 0 aliphatic rings. The SMILES string of the molecule is CCCCOC(=O)CC[C@@H](CC(=O)N[C@@H](C)C(=O)NCc1cccc2ccccc12)NC(=O)OC(C)(C)C. The first-order valence-corrected chi connectivity index (χ1v) is 13.2. The minimum absolute atomic E-state index is 0.0402. The number of hydrogen-bond acceptors (Lipinski definition) is 6. The van der Waals surface area contributed by atoms with Gasteiger partial charge in [0.05, 0.1) is 6.61 Å². The number of hydrogen-bond donors (Lipinski definition) is 3. The molecule has 0 saturated heterocycles. The molecule has 0 spiro atoms. The minimum atomic E-state index is -0.793. The van der Waals surface area contributed by atoms with Gasteiger partial charge in [0.2, 0.25) is 11.8 Å². The fourth-order valence-electron chi connectivity index (χ4n) is 3.77. The van der Waals surface area contributed by atoms with E-state index in [0.717, 1.165) is 29.2 Å². The molecule has 0 heterocycles. The number of nitrogens with one attached hydrogen (secondary N) is 3. The lowest BCUT2D eigenvalue weighted by molar-refractivity contribution is -0.144. The van der Waals surface area contributed by atoms with E-state index in [0.29, 0.717) is 13.2 Å². The van der Waals surface area contributed by atoms with Crippen molar-refractivity contribution >= 4 is 34.6 Å². The standard InChI is InChI=1S/C29H41N3O6/c1-6-7-17-37-26(34)16-15-23(32-28(36)38-29(3,4)5)18-25(33)31-20(2)27(35)30-19-22-13-10-12-21-11-8-9-14-24(21)22/h8-14,20,23H,6-7,15-19H2,1-5H3,(H,30,35)(H,31,33)(H,32,36)/t20-,23-/m0/s1. The van der Waals surface area contributed by atoms with Crippen molar-refractivity contribution in [3.8, 4) is 0 Å². The van der Waals surface area contributed by atoms with Crippen molar-refractivity contribution in [1.29, 1.82) is 0 Å². The summed E-state index contributed by atoms with van der Waals surface area (Å²) >= 11 is 0. The molecule has 3 N–H and O–H groups in total. The van der Waals surface area contributed by atoms with Crippen LogP contribution in [0.15, 0.2) is 42.5 Å². The summed E-state index contributed by atoms with van der Waals surface area (Å²) < 4.78 is 10.5. The highest BCUT2D eigenvalue weighted by molar-refractivity contribution is 5.89. The highest BCUT2D eigenvalue weighted by Gasteiger charge is 2.24. The average Bonchev–Trinajstić information content (AvgIpc) is 2.84. The lowest BCUT2D eigenvalue weighted by Crippen LogP contribution is -2.47. The number of esters is 1. The van der Waals surface area contributed by atoms with E-state index in [1.165, 1.54) is 0 Å². The van der Waals surface area contributed by atoms with Crippen LogP contribution in [-0.4, -0.2) is 48.2 Å². The summed E-state index contributed by atoms with van der Waals surface area (Å²) in [4.78, 5) is 49.8. The van der Waals surface area contributed by atoms with Crippen LogP contribution in [0.5, 0.6) is 0 Å². The Balaban J connectivity index is 1.91. The summed E-state index contributed by atoms with van der Waals surface area (Å²) in [5.41, 5.74) is 0.259. The van der Waals surface area contributed by atoms with Gasteiger partial charge in [0, 0.05) is 25.4 Å². The molecule has 3 amide bonds. The van der Waals surface area contributed by atoms with Gasteiger partial charge in [-0.3, -0.25) is 14.4 Å². The van der Waals surface area contributed by atoms with Crippen LogP contribution >= 0.6 is 0 Å². The van der Waals surface area contributed by atoms with Gasteiger partial charge in [0.15, 0.2) is 0 Å². The number of rotatable bonds is 13. The summed E-state index contributed by atoms with van der Waals surface area (Å²) in [5, 5.41) is 10.3. The predicted molar refractivity (Wildman–Crippen MR) is 146 cm³/mol.